The van der Waals surface area contributed by atoms with Crippen LogP contribution >= 0.6 is 0 Å². The average Bonchev–Trinajstić information content (AvgIpc) is 3.23. The molecule has 5 heteroatoms. The van der Waals surface area contributed by atoms with Crippen LogP contribution < -0.4 is 4.90 Å². The molecule has 1 atom stereocenters. The fourth-order valence-electron chi connectivity index (χ4n) is 3.73. The molecule has 0 spiro atoms. The van der Waals surface area contributed by atoms with Crippen molar-refractivity contribution in [3.8, 4) is 0 Å². The van der Waals surface area contributed by atoms with E-state index in [1.807, 2.05) is 24.3 Å². The Labute approximate surface area is 153 Å². The Morgan fingerprint density at radius 1 is 1.00 bits per heavy atom. The first-order valence-electron chi connectivity index (χ1n) is 9.23. The molecule has 1 amide bonds. The zero-order valence-corrected chi connectivity index (χ0v) is 14.7. The van der Waals surface area contributed by atoms with Crippen molar-refractivity contribution in [2.75, 3.05) is 37.7 Å². The molecule has 2 heterocycles. The third-order valence-electron chi connectivity index (χ3n) is 5.19. The van der Waals surface area contributed by atoms with Crippen molar-refractivity contribution in [3.63, 3.8) is 0 Å². The van der Waals surface area contributed by atoms with Gasteiger partial charge in [0.2, 0.25) is 0 Å². The van der Waals surface area contributed by atoms with Crippen LogP contribution in [0.15, 0.2) is 48.5 Å². The van der Waals surface area contributed by atoms with Crippen molar-refractivity contribution in [2.45, 2.75) is 18.9 Å². The third-order valence-corrected chi connectivity index (χ3v) is 5.19. The Kier molecular flexibility index (Phi) is 4.89. The maximum atomic E-state index is 14.0. The Morgan fingerprint density at radius 2 is 1.73 bits per heavy atom. The minimum atomic E-state index is -0.419. The van der Waals surface area contributed by atoms with E-state index in [0.717, 1.165) is 13.1 Å². The van der Waals surface area contributed by atoms with E-state index >= 15 is 0 Å². The first kappa shape index (κ1) is 17.0. The van der Waals surface area contributed by atoms with E-state index in [9.17, 15) is 9.18 Å². The Balaban J connectivity index is 1.46. The summed E-state index contributed by atoms with van der Waals surface area (Å²) in [5, 5.41) is 0. The van der Waals surface area contributed by atoms with Crippen LogP contribution in [0.1, 0.15) is 34.9 Å². The Morgan fingerprint density at radius 3 is 2.46 bits per heavy atom. The van der Waals surface area contributed by atoms with Gasteiger partial charge in [-0.2, -0.15) is 0 Å². The van der Waals surface area contributed by atoms with Crippen LogP contribution in [0, 0.1) is 5.82 Å². The van der Waals surface area contributed by atoms with Crippen LogP contribution in [0.4, 0.5) is 10.1 Å². The molecule has 2 aromatic carbocycles. The van der Waals surface area contributed by atoms with E-state index in [4.69, 9.17) is 4.74 Å². The zero-order valence-electron chi connectivity index (χ0n) is 14.7. The van der Waals surface area contributed by atoms with E-state index in [-0.39, 0.29) is 11.7 Å². The molecule has 2 fully saturated rings. The number of benzene rings is 2. The molecule has 2 aliphatic rings. The van der Waals surface area contributed by atoms with Crippen molar-refractivity contribution < 1.29 is 13.9 Å². The summed E-state index contributed by atoms with van der Waals surface area (Å²) in [5.74, 6) is -0.315. The van der Waals surface area contributed by atoms with Crippen molar-refractivity contribution in [1.29, 1.82) is 0 Å². The molecular weight excluding hydrogens is 331 g/mol. The van der Waals surface area contributed by atoms with Crippen LogP contribution in [0.2, 0.25) is 0 Å². The number of hydrogen-bond donors (Lipinski definition) is 0. The zero-order chi connectivity index (χ0) is 17.9. The molecule has 136 valence electrons. The van der Waals surface area contributed by atoms with Crippen molar-refractivity contribution in [3.05, 3.63) is 65.5 Å². The topological polar surface area (TPSA) is 32.8 Å². The molecular formula is C21H23FN2O2. The van der Waals surface area contributed by atoms with E-state index in [2.05, 4.69) is 4.90 Å². The second kappa shape index (κ2) is 7.46. The number of morpholine rings is 1. The van der Waals surface area contributed by atoms with Crippen LogP contribution in [0.25, 0.3) is 0 Å². The molecule has 0 N–H and O–H groups in total. The lowest BCUT2D eigenvalue weighted by atomic mass is 10.1. The largest absolute Gasteiger partial charge is 0.372 e. The summed E-state index contributed by atoms with van der Waals surface area (Å²) in [7, 11) is 0. The van der Waals surface area contributed by atoms with Crippen molar-refractivity contribution in [1.82, 2.24) is 4.90 Å². The number of carbonyl (C=O) groups excluding carboxylic acids is 1. The fraction of sp³-hybridized carbons (Fsp3) is 0.381. The molecule has 2 aromatic rings. The van der Waals surface area contributed by atoms with Gasteiger partial charge in [0.25, 0.3) is 5.91 Å². The second-order valence-electron chi connectivity index (χ2n) is 6.87. The predicted molar refractivity (Wildman–Crippen MR) is 98.9 cm³/mol. The van der Waals surface area contributed by atoms with E-state index in [1.165, 1.54) is 24.6 Å². The van der Waals surface area contributed by atoms with Crippen molar-refractivity contribution in [2.24, 2.45) is 0 Å². The molecule has 1 unspecified atom stereocenters. The number of anilines is 1. The van der Waals surface area contributed by atoms with Gasteiger partial charge in [-0.25, -0.2) is 4.39 Å². The summed E-state index contributed by atoms with van der Waals surface area (Å²) >= 11 is 0. The summed E-state index contributed by atoms with van der Waals surface area (Å²) in [4.78, 5) is 17.0. The van der Waals surface area contributed by atoms with Gasteiger partial charge in [0.15, 0.2) is 0 Å². The molecule has 0 radical (unpaired) electrons. The lowest BCUT2D eigenvalue weighted by Gasteiger charge is -2.33. The second-order valence-corrected chi connectivity index (χ2v) is 6.87. The summed E-state index contributed by atoms with van der Waals surface area (Å²) in [5.41, 5.74) is 2.35. The summed E-state index contributed by atoms with van der Waals surface area (Å²) in [6, 6.07) is 14.4. The quantitative estimate of drug-likeness (QED) is 0.844. The standard InChI is InChI=1S/C21H23FN2O2/c22-19-6-2-1-5-18(19)20-15-24(13-14-26-20)21(25)16-7-9-17(10-8-16)23-11-3-4-12-23/h1-2,5-10,20H,3-4,11-15H2. The maximum absolute atomic E-state index is 14.0. The minimum absolute atomic E-state index is 0.0254. The maximum Gasteiger partial charge on any atom is 0.254 e. The molecule has 4 nitrogen and oxygen atoms in total. The molecule has 0 bridgehead atoms. The Bertz CT molecular complexity index is 772. The van der Waals surface area contributed by atoms with Crippen LogP contribution in [-0.2, 0) is 4.74 Å². The number of carbonyl (C=O) groups is 1. The highest BCUT2D eigenvalue weighted by Crippen LogP contribution is 2.26. The number of amides is 1. The van der Waals surface area contributed by atoms with Gasteiger partial charge < -0.3 is 14.5 Å². The van der Waals surface area contributed by atoms with Crippen LogP contribution in [0.5, 0.6) is 0 Å². The first-order chi connectivity index (χ1) is 12.7. The summed E-state index contributed by atoms with van der Waals surface area (Å²) in [6.07, 6.45) is 2.04. The normalized spacial score (nSPS) is 20.4. The number of hydrogen-bond acceptors (Lipinski definition) is 3. The highest BCUT2D eigenvalue weighted by Gasteiger charge is 2.27. The van der Waals surface area contributed by atoms with Crippen LogP contribution in [0.3, 0.4) is 0 Å². The summed E-state index contributed by atoms with van der Waals surface area (Å²) in [6.45, 7) is 3.48. The van der Waals surface area contributed by atoms with Crippen LogP contribution in [-0.4, -0.2) is 43.6 Å². The highest BCUT2D eigenvalue weighted by atomic mass is 19.1. The van der Waals surface area contributed by atoms with Gasteiger partial charge in [0.05, 0.1) is 13.2 Å². The minimum Gasteiger partial charge on any atom is -0.372 e. The van der Waals surface area contributed by atoms with E-state index in [1.54, 1.807) is 23.1 Å². The van der Waals surface area contributed by atoms with E-state index < -0.39 is 6.10 Å². The predicted octanol–water partition coefficient (Wildman–Crippen LogP) is 3.64. The molecule has 0 saturated carbocycles. The molecule has 26 heavy (non-hydrogen) atoms. The smallest absolute Gasteiger partial charge is 0.254 e. The van der Waals surface area contributed by atoms with Gasteiger partial charge >= 0.3 is 0 Å². The summed E-state index contributed by atoms with van der Waals surface area (Å²) < 4.78 is 19.7. The molecule has 0 aromatic heterocycles. The molecule has 2 aliphatic heterocycles. The van der Waals surface area contributed by atoms with Gasteiger partial charge in [-0.15, -0.1) is 0 Å². The Hall–Kier alpha value is -2.40. The lowest BCUT2D eigenvalue weighted by Crippen LogP contribution is -2.42. The number of ether oxygens (including phenoxy) is 1. The van der Waals surface area contributed by atoms with Gasteiger partial charge in [-0.05, 0) is 43.2 Å². The van der Waals surface area contributed by atoms with Gasteiger partial charge in [0, 0.05) is 36.4 Å². The van der Waals surface area contributed by atoms with Gasteiger partial charge in [-0.1, -0.05) is 18.2 Å². The van der Waals surface area contributed by atoms with Gasteiger partial charge in [-0.3, -0.25) is 4.79 Å². The highest BCUT2D eigenvalue weighted by molar-refractivity contribution is 5.94. The SMILES string of the molecule is O=C(c1ccc(N2CCCC2)cc1)N1CCOC(c2ccccc2F)C1. The molecule has 4 rings (SSSR count). The number of nitrogens with zero attached hydrogens (tertiary/aromatic N) is 2. The average molecular weight is 354 g/mol. The number of rotatable bonds is 3. The van der Waals surface area contributed by atoms with E-state index in [0.29, 0.717) is 30.8 Å². The van der Waals surface area contributed by atoms with Crippen molar-refractivity contribution >= 4 is 11.6 Å². The molecule has 2 saturated heterocycles. The monoisotopic (exact) mass is 354 g/mol. The third kappa shape index (κ3) is 3.44. The lowest BCUT2D eigenvalue weighted by molar-refractivity contribution is -0.0243. The first-order valence-corrected chi connectivity index (χ1v) is 9.23. The van der Waals surface area contributed by atoms with Gasteiger partial charge in [0.1, 0.15) is 11.9 Å². The fourth-order valence-corrected chi connectivity index (χ4v) is 3.73. The molecule has 0 aliphatic carbocycles. The number of halogens is 1.